The number of nitrogens with one attached hydrogen (secondary N) is 2. The van der Waals surface area contributed by atoms with Gasteiger partial charge in [-0.25, -0.2) is 13.9 Å². The fourth-order valence-corrected chi connectivity index (χ4v) is 3.53. The first kappa shape index (κ1) is 25.5. The number of fused-ring (bicyclic) bond motifs is 1. The van der Waals surface area contributed by atoms with E-state index in [0.717, 1.165) is 0 Å². The minimum Gasteiger partial charge on any atom is -0.478 e. The number of hydrogen-bond acceptors (Lipinski definition) is 8. The van der Waals surface area contributed by atoms with E-state index in [0.29, 0.717) is 46.3 Å². The molecular weight excluding hydrogens is 477 g/mol. The summed E-state index contributed by atoms with van der Waals surface area (Å²) < 4.78 is 21.4. The minimum atomic E-state index is -1.66. The van der Waals surface area contributed by atoms with Gasteiger partial charge in [0, 0.05) is 24.1 Å². The number of pyridine rings is 2. The van der Waals surface area contributed by atoms with E-state index < -0.39 is 17.7 Å². The highest BCUT2D eigenvalue weighted by Gasteiger charge is 2.27. The quantitative estimate of drug-likeness (QED) is 0.315. The Morgan fingerprint density at radius 2 is 2.05 bits per heavy atom. The van der Waals surface area contributed by atoms with Gasteiger partial charge in [0.2, 0.25) is 5.88 Å². The molecule has 4 rings (SSSR count). The molecule has 0 bridgehead atoms. The van der Waals surface area contributed by atoms with Gasteiger partial charge in [-0.05, 0) is 51.1 Å². The molecule has 1 atom stereocenters. The number of nitriles is 1. The summed E-state index contributed by atoms with van der Waals surface area (Å²) in [6.07, 6.45) is 2.76. The van der Waals surface area contributed by atoms with Crippen LogP contribution in [-0.2, 0) is 0 Å². The Kier molecular flexibility index (Phi) is 7.31. The first-order chi connectivity index (χ1) is 17.7. The van der Waals surface area contributed by atoms with Crippen LogP contribution in [0.15, 0.2) is 55.0 Å². The van der Waals surface area contributed by atoms with Crippen molar-refractivity contribution in [2.75, 3.05) is 18.5 Å². The van der Waals surface area contributed by atoms with Gasteiger partial charge in [-0.3, -0.25) is 9.78 Å². The summed E-state index contributed by atoms with van der Waals surface area (Å²) in [7, 11) is 0. The highest BCUT2D eigenvalue weighted by molar-refractivity contribution is 6.00. The van der Waals surface area contributed by atoms with E-state index in [1.807, 2.05) is 19.1 Å². The maximum absolute atomic E-state index is 14.3. The van der Waals surface area contributed by atoms with Crippen molar-refractivity contribution in [2.45, 2.75) is 32.5 Å². The summed E-state index contributed by atoms with van der Waals surface area (Å²) in [4.78, 5) is 21.6. The van der Waals surface area contributed by atoms with Crippen LogP contribution in [0.5, 0.6) is 5.88 Å². The topological polar surface area (TPSA) is 137 Å². The number of amides is 1. The van der Waals surface area contributed by atoms with Gasteiger partial charge >= 0.3 is 0 Å². The van der Waals surface area contributed by atoms with Crippen molar-refractivity contribution in [3.8, 4) is 23.3 Å². The number of ether oxygens (including phenoxy) is 1. The molecule has 0 aliphatic rings. The highest BCUT2D eigenvalue weighted by Crippen LogP contribution is 2.28. The summed E-state index contributed by atoms with van der Waals surface area (Å²) in [5.41, 5.74) is 1.88. The van der Waals surface area contributed by atoms with Crippen molar-refractivity contribution in [3.63, 3.8) is 0 Å². The van der Waals surface area contributed by atoms with Crippen LogP contribution in [-0.4, -0.2) is 55.5 Å². The monoisotopic (exact) mass is 503 g/mol. The smallest absolute Gasteiger partial charge is 0.255 e. The molecule has 11 heteroatoms. The first-order valence-electron chi connectivity index (χ1n) is 11.6. The number of carbonyl (C=O) groups excluding carboxylic acids is 1. The highest BCUT2D eigenvalue weighted by atomic mass is 19.1. The summed E-state index contributed by atoms with van der Waals surface area (Å²) in [5.74, 6) is -0.155. The van der Waals surface area contributed by atoms with E-state index in [4.69, 9.17) is 10.00 Å². The Hall–Kier alpha value is -4.56. The number of halogens is 1. The predicted octanol–water partition coefficient (Wildman–Crippen LogP) is 3.64. The second-order valence-corrected chi connectivity index (χ2v) is 8.80. The molecule has 4 aromatic heterocycles. The van der Waals surface area contributed by atoms with Crippen molar-refractivity contribution in [1.82, 2.24) is 24.9 Å². The Bertz CT molecular complexity index is 1470. The Balaban J connectivity index is 1.71. The van der Waals surface area contributed by atoms with Crippen molar-refractivity contribution < 1.29 is 19.0 Å². The second kappa shape index (κ2) is 10.6. The Morgan fingerprint density at radius 3 is 2.78 bits per heavy atom. The standard InChI is InChI=1S/C26H26FN7O3/c1-4-37-24-10-17(7-8-29-24)33-20-11-21(22-6-5-18-9-16(12-28)13-32-34(18)22)30-14-19(20)25(35)31-15-23(27)26(2,3)36/h5-11,13-14,23,36H,4,15H2,1-3H3,(H,31,35)(H,29,30,33)/t23-/m1/s1. The molecular formula is C26H26FN7O3. The van der Waals surface area contributed by atoms with Crippen LogP contribution in [0.4, 0.5) is 15.8 Å². The van der Waals surface area contributed by atoms with Gasteiger partial charge in [-0.1, -0.05) is 0 Å². The number of alkyl halides is 1. The number of anilines is 2. The molecule has 0 spiro atoms. The van der Waals surface area contributed by atoms with E-state index in [1.165, 1.54) is 26.2 Å². The van der Waals surface area contributed by atoms with Gasteiger partial charge in [-0.15, -0.1) is 0 Å². The average Bonchev–Trinajstić information content (AvgIpc) is 3.30. The van der Waals surface area contributed by atoms with Crippen LogP contribution in [0.2, 0.25) is 0 Å². The molecule has 0 radical (unpaired) electrons. The fraction of sp³-hybridized carbons (Fsp3) is 0.269. The normalized spacial score (nSPS) is 12.1. The molecule has 190 valence electrons. The van der Waals surface area contributed by atoms with Gasteiger partial charge in [-0.2, -0.15) is 10.4 Å². The molecule has 1 amide bonds. The number of carbonyl (C=O) groups is 1. The van der Waals surface area contributed by atoms with Crippen LogP contribution in [0.1, 0.15) is 36.7 Å². The summed E-state index contributed by atoms with van der Waals surface area (Å²) in [6, 6.07) is 12.5. The molecule has 0 aromatic carbocycles. The molecule has 0 aliphatic carbocycles. The number of aromatic nitrogens is 4. The maximum Gasteiger partial charge on any atom is 0.255 e. The van der Waals surface area contributed by atoms with Crippen LogP contribution >= 0.6 is 0 Å². The van der Waals surface area contributed by atoms with E-state index in [2.05, 4.69) is 31.8 Å². The molecule has 4 aromatic rings. The Labute approximate surface area is 212 Å². The average molecular weight is 504 g/mol. The largest absolute Gasteiger partial charge is 0.478 e. The van der Waals surface area contributed by atoms with Crippen LogP contribution in [0.3, 0.4) is 0 Å². The van der Waals surface area contributed by atoms with Crippen molar-refractivity contribution >= 4 is 22.8 Å². The number of hydrogen-bond donors (Lipinski definition) is 3. The lowest BCUT2D eigenvalue weighted by Crippen LogP contribution is -2.42. The van der Waals surface area contributed by atoms with E-state index in [-0.39, 0.29) is 12.1 Å². The molecule has 0 aliphatic heterocycles. The number of rotatable bonds is 9. The lowest BCUT2D eigenvalue weighted by molar-refractivity contribution is -0.00177. The molecule has 0 saturated carbocycles. The van der Waals surface area contributed by atoms with Gasteiger partial charge in [0.15, 0.2) is 0 Å². The van der Waals surface area contributed by atoms with Crippen molar-refractivity contribution in [3.05, 3.63) is 66.1 Å². The van der Waals surface area contributed by atoms with Crippen LogP contribution in [0, 0.1) is 11.3 Å². The van der Waals surface area contributed by atoms with E-state index in [1.54, 1.807) is 35.0 Å². The molecule has 10 nitrogen and oxygen atoms in total. The van der Waals surface area contributed by atoms with Crippen molar-refractivity contribution in [1.29, 1.82) is 5.26 Å². The van der Waals surface area contributed by atoms with Gasteiger partial charge in [0.25, 0.3) is 5.91 Å². The third-order valence-electron chi connectivity index (χ3n) is 5.55. The van der Waals surface area contributed by atoms with E-state index >= 15 is 0 Å². The summed E-state index contributed by atoms with van der Waals surface area (Å²) in [6.45, 7) is 4.59. The SMILES string of the molecule is CCOc1cc(Nc2cc(-c3ccc4cc(C#N)cnn34)ncc2C(=O)NC[C@@H](F)C(C)(C)O)ccn1. The fourth-order valence-electron chi connectivity index (χ4n) is 3.53. The number of nitrogens with zero attached hydrogens (tertiary/aromatic N) is 5. The zero-order valence-electron chi connectivity index (χ0n) is 20.6. The molecule has 4 heterocycles. The number of aliphatic hydroxyl groups is 1. The summed E-state index contributed by atoms with van der Waals surface area (Å²) in [5, 5.41) is 29.1. The Morgan fingerprint density at radius 1 is 1.24 bits per heavy atom. The lowest BCUT2D eigenvalue weighted by atomic mass is 10.0. The van der Waals surface area contributed by atoms with Crippen molar-refractivity contribution in [2.24, 2.45) is 0 Å². The van der Waals surface area contributed by atoms with Gasteiger partial charge in [0.1, 0.15) is 12.2 Å². The zero-order chi connectivity index (χ0) is 26.6. The van der Waals surface area contributed by atoms with Gasteiger partial charge < -0.3 is 20.5 Å². The van der Waals surface area contributed by atoms with E-state index in [9.17, 15) is 14.3 Å². The zero-order valence-corrected chi connectivity index (χ0v) is 20.6. The predicted molar refractivity (Wildman–Crippen MR) is 135 cm³/mol. The van der Waals surface area contributed by atoms with Crippen LogP contribution < -0.4 is 15.4 Å². The molecule has 3 N–H and O–H groups in total. The van der Waals surface area contributed by atoms with Gasteiger partial charge in [0.05, 0.1) is 58.7 Å². The van der Waals surface area contributed by atoms with Crippen LogP contribution in [0.25, 0.3) is 16.9 Å². The molecule has 0 unspecified atom stereocenters. The first-order valence-corrected chi connectivity index (χ1v) is 11.6. The lowest BCUT2D eigenvalue weighted by Gasteiger charge is -2.22. The molecule has 0 fully saturated rings. The minimum absolute atomic E-state index is 0.169. The second-order valence-electron chi connectivity index (χ2n) is 8.80. The molecule has 37 heavy (non-hydrogen) atoms. The maximum atomic E-state index is 14.3. The third kappa shape index (κ3) is 5.82. The third-order valence-corrected chi connectivity index (χ3v) is 5.55. The molecule has 0 saturated heterocycles. The summed E-state index contributed by atoms with van der Waals surface area (Å²) >= 11 is 0.